The summed E-state index contributed by atoms with van der Waals surface area (Å²) in [4.78, 5) is 12.6. The molecule has 2 rings (SSSR count). The van der Waals surface area contributed by atoms with Crippen molar-refractivity contribution in [3.63, 3.8) is 0 Å². The molecule has 0 aromatic heterocycles. The molecule has 1 heterocycles. The van der Waals surface area contributed by atoms with Gasteiger partial charge in [0.25, 0.3) is 5.69 Å². The zero-order valence-electron chi connectivity index (χ0n) is 12.4. The predicted octanol–water partition coefficient (Wildman–Crippen LogP) is 2.61. The smallest absolute Gasteiger partial charge is 0.270 e. The molecule has 0 spiro atoms. The van der Waals surface area contributed by atoms with Crippen LogP contribution in [-0.2, 0) is 0 Å². The summed E-state index contributed by atoms with van der Waals surface area (Å²) in [5, 5.41) is 23.3. The Hall–Kier alpha value is -2.13. The molecule has 0 aliphatic carbocycles. The van der Waals surface area contributed by atoms with Crippen LogP contribution in [0.4, 0.5) is 11.4 Å². The second kappa shape index (κ2) is 6.55. The van der Waals surface area contributed by atoms with Gasteiger partial charge in [-0.05, 0) is 51.9 Å². The molecule has 21 heavy (non-hydrogen) atoms. The summed E-state index contributed by atoms with van der Waals surface area (Å²) in [6.45, 7) is 4.28. The molecule has 6 nitrogen and oxygen atoms in total. The van der Waals surface area contributed by atoms with Crippen molar-refractivity contribution in [3.05, 3.63) is 33.9 Å². The number of nitrogens with one attached hydrogen (secondary N) is 1. The number of nitro groups is 1. The first-order valence-corrected chi connectivity index (χ1v) is 7.15. The first-order chi connectivity index (χ1) is 10.0. The van der Waals surface area contributed by atoms with Crippen LogP contribution in [0.15, 0.2) is 18.2 Å². The van der Waals surface area contributed by atoms with Crippen LogP contribution < -0.4 is 5.32 Å². The molecule has 1 N–H and O–H groups in total. The highest BCUT2D eigenvalue weighted by Gasteiger charge is 2.23. The van der Waals surface area contributed by atoms with Crippen LogP contribution in [0.5, 0.6) is 0 Å². The number of benzene rings is 1. The van der Waals surface area contributed by atoms with Crippen molar-refractivity contribution >= 4 is 11.4 Å². The fraction of sp³-hybridized carbons (Fsp3) is 0.533. The average Bonchev–Trinajstić information content (AvgIpc) is 2.48. The second-order valence-corrected chi connectivity index (χ2v) is 5.67. The lowest BCUT2D eigenvalue weighted by Crippen LogP contribution is -2.37. The first-order valence-electron chi connectivity index (χ1n) is 7.15. The Bertz CT molecular complexity index is 559. The summed E-state index contributed by atoms with van der Waals surface area (Å²) in [6.07, 6.45) is 2.25. The molecule has 1 fully saturated rings. The highest BCUT2D eigenvalue weighted by molar-refractivity contribution is 5.61. The monoisotopic (exact) mass is 288 g/mol. The Morgan fingerprint density at radius 1 is 1.48 bits per heavy atom. The molecule has 1 aromatic carbocycles. The molecule has 0 amide bonds. The predicted molar refractivity (Wildman–Crippen MR) is 81.1 cm³/mol. The van der Waals surface area contributed by atoms with E-state index in [1.165, 1.54) is 12.1 Å². The van der Waals surface area contributed by atoms with E-state index in [2.05, 4.69) is 24.2 Å². The third kappa shape index (κ3) is 3.70. The Labute approximate surface area is 124 Å². The van der Waals surface area contributed by atoms with Gasteiger partial charge in [0.15, 0.2) is 0 Å². The number of nitriles is 1. The Kier molecular flexibility index (Phi) is 4.76. The first kappa shape index (κ1) is 15.3. The third-order valence-electron chi connectivity index (χ3n) is 4.19. The topological polar surface area (TPSA) is 82.2 Å². The Balaban J connectivity index is 2.08. The van der Waals surface area contributed by atoms with Gasteiger partial charge in [0.1, 0.15) is 6.07 Å². The molecule has 112 valence electrons. The number of nitrogens with zero attached hydrogens (tertiary/aromatic N) is 3. The molecule has 0 bridgehead atoms. The lowest BCUT2D eigenvalue weighted by molar-refractivity contribution is -0.384. The van der Waals surface area contributed by atoms with E-state index in [9.17, 15) is 10.1 Å². The maximum Gasteiger partial charge on any atom is 0.270 e. The molecule has 1 aliphatic rings. The minimum Gasteiger partial charge on any atom is -0.381 e. The maximum atomic E-state index is 10.8. The fourth-order valence-electron chi connectivity index (χ4n) is 2.76. The second-order valence-electron chi connectivity index (χ2n) is 5.67. The molecule has 1 unspecified atom stereocenters. The molecule has 0 radical (unpaired) electrons. The normalized spacial score (nSPS) is 18.0. The quantitative estimate of drug-likeness (QED) is 0.680. The summed E-state index contributed by atoms with van der Waals surface area (Å²) in [5.41, 5.74) is 0.947. The number of piperidine rings is 1. The van der Waals surface area contributed by atoms with Gasteiger partial charge in [-0.15, -0.1) is 0 Å². The van der Waals surface area contributed by atoms with Crippen LogP contribution in [-0.4, -0.2) is 36.0 Å². The number of non-ortho nitro benzene ring substituents is 1. The van der Waals surface area contributed by atoms with Crippen molar-refractivity contribution in [2.24, 2.45) is 5.92 Å². The van der Waals surface area contributed by atoms with Gasteiger partial charge < -0.3 is 10.2 Å². The van der Waals surface area contributed by atoms with E-state index in [0.717, 1.165) is 25.9 Å². The van der Waals surface area contributed by atoms with Crippen LogP contribution >= 0.6 is 0 Å². The fourth-order valence-corrected chi connectivity index (χ4v) is 2.76. The van der Waals surface area contributed by atoms with E-state index in [0.29, 0.717) is 17.2 Å². The number of rotatable bonds is 4. The highest BCUT2D eigenvalue weighted by atomic mass is 16.6. The van der Waals surface area contributed by atoms with Crippen molar-refractivity contribution < 1.29 is 4.92 Å². The van der Waals surface area contributed by atoms with Gasteiger partial charge in [-0.2, -0.15) is 5.26 Å². The van der Waals surface area contributed by atoms with Gasteiger partial charge in [-0.25, -0.2) is 0 Å². The zero-order valence-corrected chi connectivity index (χ0v) is 12.4. The van der Waals surface area contributed by atoms with Gasteiger partial charge >= 0.3 is 0 Å². The van der Waals surface area contributed by atoms with Gasteiger partial charge in [0, 0.05) is 18.2 Å². The van der Waals surface area contributed by atoms with E-state index >= 15 is 0 Å². The molecule has 1 aliphatic heterocycles. The van der Waals surface area contributed by atoms with Crippen LogP contribution in [0.25, 0.3) is 0 Å². The van der Waals surface area contributed by atoms with Crippen molar-refractivity contribution in [3.8, 4) is 6.07 Å². The van der Waals surface area contributed by atoms with Crippen molar-refractivity contribution in [1.29, 1.82) is 5.26 Å². The molecule has 1 aromatic rings. The number of likely N-dealkylation sites (tertiary alicyclic amines) is 1. The highest BCUT2D eigenvalue weighted by Crippen LogP contribution is 2.26. The van der Waals surface area contributed by atoms with Gasteiger partial charge in [-0.3, -0.25) is 10.1 Å². The minimum atomic E-state index is -0.481. The van der Waals surface area contributed by atoms with E-state index in [4.69, 9.17) is 5.26 Å². The number of hydrogen-bond acceptors (Lipinski definition) is 5. The van der Waals surface area contributed by atoms with Gasteiger partial charge in [-0.1, -0.05) is 0 Å². The van der Waals surface area contributed by atoms with E-state index in [1.54, 1.807) is 6.07 Å². The van der Waals surface area contributed by atoms with Crippen LogP contribution in [0.1, 0.15) is 25.3 Å². The van der Waals surface area contributed by atoms with E-state index in [-0.39, 0.29) is 11.7 Å². The zero-order chi connectivity index (χ0) is 15.4. The minimum absolute atomic E-state index is 0.0518. The summed E-state index contributed by atoms with van der Waals surface area (Å²) in [6, 6.07) is 6.66. The Morgan fingerprint density at radius 2 is 2.14 bits per heavy atom. The molecule has 1 saturated heterocycles. The van der Waals surface area contributed by atoms with Crippen molar-refractivity contribution in [2.45, 2.75) is 25.8 Å². The lowest BCUT2D eigenvalue weighted by Gasteiger charge is -2.33. The van der Waals surface area contributed by atoms with Crippen LogP contribution in [0, 0.1) is 27.4 Å². The third-order valence-corrected chi connectivity index (χ3v) is 4.19. The van der Waals surface area contributed by atoms with Gasteiger partial charge in [0.05, 0.1) is 16.2 Å². The molecular formula is C15H20N4O2. The summed E-state index contributed by atoms with van der Waals surface area (Å²) in [7, 11) is 2.12. The van der Waals surface area contributed by atoms with Gasteiger partial charge in [0.2, 0.25) is 0 Å². The van der Waals surface area contributed by atoms with Crippen LogP contribution in [0.2, 0.25) is 0 Å². The number of nitro benzene ring substituents is 1. The van der Waals surface area contributed by atoms with Crippen molar-refractivity contribution in [1.82, 2.24) is 4.90 Å². The largest absolute Gasteiger partial charge is 0.381 e. The summed E-state index contributed by atoms with van der Waals surface area (Å²) >= 11 is 0. The SMILES string of the molecule is CC(Nc1ccc([N+](=O)[O-])cc1C#N)C1CCN(C)CC1. The molecule has 1 atom stereocenters. The van der Waals surface area contributed by atoms with E-state index in [1.807, 2.05) is 6.07 Å². The summed E-state index contributed by atoms with van der Waals surface area (Å²) < 4.78 is 0. The van der Waals surface area contributed by atoms with E-state index < -0.39 is 4.92 Å². The standard InChI is InChI=1S/C15H20N4O2/c1-11(12-5-7-18(2)8-6-12)17-15-4-3-14(19(20)21)9-13(15)10-16/h3-4,9,11-12,17H,5-8H2,1-2H3. The average molecular weight is 288 g/mol. The number of hydrogen-bond donors (Lipinski definition) is 1. The lowest BCUT2D eigenvalue weighted by atomic mass is 9.90. The summed E-state index contributed by atoms with van der Waals surface area (Å²) in [5.74, 6) is 0.558. The molecule has 6 heteroatoms. The maximum absolute atomic E-state index is 10.8. The number of anilines is 1. The Morgan fingerprint density at radius 3 is 2.71 bits per heavy atom. The van der Waals surface area contributed by atoms with Crippen LogP contribution in [0.3, 0.4) is 0 Å². The molecule has 0 saturated carbocycles. The molecular weight excluding hydrogens is 268 g/mol. The van der Waals surface area contributed by atoms with Crippen molar-refractivity contribution in [2.75, 3.05) is 25.5 Å².